The second-order valence-corrected chi connectivity index (χ2v) is 22.8. The summed E-state index contributed by atoms with van der Waals surface area (Å²) in [5.74, 6) is 3.14. The lowest BCUT2D eigenvalue weighted by Crippen LogP contribution is -2.36. The number of benzene rings is 5. The van der Waals surface area contributed by atoms with Crippen molar-refractivity contribution in [3.05, 3.63) is 155 Å². The highest BCUT2D eigenvalue weighted by molar-refractivity contribution is 9.09. The summed E-state index contributed by atoms with van der Waals surface area (Å²) in [4.78, 5) is 36.4. The van der Waals surface area contributed by atoms with Gasteiger partial charge in [-0.2, -0.15) is 0 Å². The number of unbranched alkanes of at least 4 members (excludes halogenated alkanes) is 4. The highest BCUT2D eigenvalue weighted by Gasteiger charge is 2.26. The van der Waals surface area contributed by atoms with Gasteiger partial charge in [-0.25, -0.2) is 48.4 Å². The van der Waals surface area contributed by atoms with Gasteiger partial charge in [0.1, 0.15) is 11.4 Å². The molecule has 0 bridgehead atoms. The zero-order valence-electron chi connectivity index (χ0n) is 43.8. The maximum absolute atomic E-state index is 13.1. The summed E-state index contributed by atoms with van der Waals surface area (Å²) in [7, 11) is -11.8. The molecule has 7 rings (SSSR count). The van der Waals surface area contributed by atoms with Crippen LogP contribution >= 0.6 is 15.9 Å². The molecular weight excluding hydrogens is 1140 g/mol. The number of sulfonamides is 3. The van der Waals surface area contributed by atoms with Gasteiger partial charge in [-0.15, -0.1) is 23.0 Å². The molecule has 2 heterocycles. The van der Waals surface area contributed by atoms with Gasteiger partial charge in [0.25, 0.3) is 30.1 Å². The standard InChI is InChI=1S/C31H32N8O6S2.C10H6.C8H8N4O3S.C5H11Br/c1-4-5-6-18-39(23(3)41)47(44,45)29-16-12-27(13-17-29)38-21-31(33-36-38)25-9-7-8-24(19-25)30-20-37(35-32-30)26-10-14-28(15-11-26)46(42,43)34-22(2)40;1-3-9-6-5-7-10(4-2)8-9;1-6(13)11-16(14,15)8-4-2-7(3-5-8)10-12-9;1-2-3-4-5-6/h7-17,19-21H,4-6,18H2,1-3H3,(H,34,40);1-2,5-8H;2-5H,1H3,(H,11,13);2-5H2,1H3. The number of nitrogens with one attached hydrogen (secondary N) is 2. The quantitative estimate of drug-likeness (QED) is 0.0202. The van der Waals surface area contributed by atoms with Crippen molar-refractivity contribution in [1.82, 2.24) is 43.7 Å². The molecule has 7 aromatic rings. The summed E-state index contributed by atoms with van der Waals surface area (Å²) in [5, 5.41) is 21.4. The molecule has 25 heteroatoms. The lowest BCUT2D eigenvalue weighted by molar-refractivity contribution is -0.124. The third-order valence-corrected chi connectivity index (χ3v) is 16.0. The molecular formula is C54H57BrN12O9S3. The summed E-state index contributed by atoms with van der Waals surface area (Å²) in [6.45, 7) is 7.82. The molecule has 0 aliphatic carbocycles. The molecule has 0 saturated heterocycles. The van der Waals surface area contributed by atoms with Crippen LogP contribution in [0.5, 0.6) is 0 Å². The molecule has 5 aromatic carbocycles. The molecule has 79 heavy (non-hydrogen) atoms. The average Bonchev–Trinajstić information content (AvgIpc) is 4.26. The van der Waals surface area contributed by atoms with Gasteiger partial charge in [-0.1, -0.05) is 119 Å². The maximum atomic E-state index is 13.1. The Kier molecular flexibility index (Phi) is 24.3. The number of azide groups is 1. The number of terminal acetylenes is 2. The number of carbonyl (C=O) groups is 3. The summed E-state index contributed by atoms with van der Waals surface area (Å²) in [5.41, 5.74) is 13.9. The Morgan fingerprint density at radius 2 is 1.06 bits per heavy atom. The van der Waals surface area contributed by atoms with Gasteiger partial charge < -0.3 is 0 Å². The van der Waals surface area contributed by atoms with Crippen molar-refractivity contribution in [2.24, 2.45) is 5.11 Å². The van der Waals surface area contributed by atoms with Gasteiger partial charge in [-0.05, 0) is 103 Å². The highest BCUT2D eigenvalue weighted by Crippen LogP contribution is 2.26. The van der Waals surface area contributed by atoms with Crippen LogP contribution in [0.4, 0.5) is 5.69 Å². The zero-order valence-corrected chi connectivity index (χ0v) is 47.8. The molecule has 0 atom stereocenters. The van der Waals surface area contributed by atoms with E-state index in [9.17, 15) is 39.6 Å². The largest absolute Gasteiger partial charge is 0.274 e. The highest BCUT2D eigenvalue weighted by atomic mass is 79.9. The van der Waals surface area contributed by atoms with E-state index in [1.807, 2.05) is 58.8 Å². The monoisotopic (exact) mass is 1190 g/mol. The topological polar surface area (TPSA) is 291 Å². The maximum Gasteiger partial charge on any atom is 0.266 e. The minimum atomic E-state index is -3.99. The van der Waals surface area contributed by atoms with Crippen LogP contribution in [0.3, 0.4) is 0 Å². The Hall–Kier alpha value is -8.45. The van der Waals surface area contributed by atoms with Gasteiger partial charge >= 0.3 is 0 Å². The molecule has 412 valence electrons. The van der Waals surface area contributed by atoms with Crippen molar-refractivity contribution in [1.29, 1.82) is 0 Å². The molecule has 0 spiro atoms. The number of alkyl halides is 1. The first-order chi connectivity index (χ1) is 37.6. The van der Waals surface area contributed by atoms with E-state index in [1.54, 1.807) is 42.7 Å². The first-order valence-electron chi connectivity index (χ1n) is 24.1. The minimum Gasteiger partial charge on any atom is -0.274 e. The van der Waals surface area contributed by atoms with Gasteiger partial charge in [0, 0.05) is 65.5 Å². The summed E-state index contributed by atoms with van der Waals surface area (Å²) >= 11 is 3.35. The fourth-order valence-corrected chi connectivity index (χ4v) is 10.6. The average molecular weight is 1190 g/mol. The third kappa shape index (κ3) is 19.2. The van der Waals surface area contributed by atoms with Crippen LogP contribution in [-0.2, 0) is 44.5 Å². The van der Waals surface area contributed by atoms with Crippen molar-refractivity contribution < 1.29 is 39.6 Å². The first kappa shape index (κ1) is 63.1. The van der Waals surface area contributed by atoms with Crippen molar-refractivity contribution in [3.63, 3.8) is 0 Å². The van der Waals surface area contributed by atoms with Crippen molar-refractivity contribution in [2.75, 3.05) is 11.9 Å². The van der Waals surface area contributed by atoms with E-state index in [2.05, 4.69) is 65.3 Å². The van der Waals surface area contributed by atoms with Crippen molar-refractivity contribution in [2.45, 2.75) is 87.8 Å². The number of rotatable bonds is 18. The number of carbonyl (C=O) groups excluding carboxylic acids is 3. The zero-order chi connectivity index (χ0) is 58.2. The molecule has 0 aliphatic rings. The molecule has 2 N–H and O–H groups in total. The molecule has 0 fully saturated rings. The predicted molar refractivity (Wildman–Crippen MR) is 304 cm³/mol. The molecule has 0 saturated carbocycles. The number of amides is 3. The Balaban J connectivity index is 0.000000338. The number of hydrogen-bond acceptors (Lipinski definition) is 14. The van der Waals surface area contributed by atoms with E-state index in [0.29, 0.717) is 34.9 Å². The molecule has 21 nitrogen and oxygen atoms in total. The van der Waals surface area contributed by atoms with Crippen LogP contribution in [-0.4, -0.2) is 89.1 Å². The molecule has 0 unspecified atom stereocenters. The molecule has 2 aromatic heterocycles. The van der Waals surface area contributed by atoms with E-state index in [-0.39, 0.29) is 21.2 Å². The Morgan fingerprint density at radius 1 is 0.633 bits per heavy atom. The fraction of sp³-hybridized carbons (Fsp3) is 0.241. The number of aromatic nitrogens is 6. The first-order valence-corrected chi connectivity index (χ1v) is 29.7. The predicted octanol–water partition coefficient (Wildman–Crippen LogP) is 9.41. The Bertz CT molecular complexity index is 3650. The molecule has 0 radical (unpaired) electrons. The number of hydrogen-bond donors (Lipinski definition) is 2. The summed E-state index contributed by atoms with van der Waals surface area (Å²) < 4.78 is 81.4. The van der Waals surface area contributed by atoms with Crippen molar-refractivity contribution >= 4 is 69.4 Å². The second-order valence-electron chi connectivity index (χ2n) is 16.7. The van der Waals surface area contributed by atoms with E-state index < -0.39 is 47.8 Å². The van der Waals surface area contributed by atoms with Gasteiger partial charge in [-0.3, -0.25) is 14.4 Å². The van der Waals surface area contributed by atoms with E-state index in [0.717, 1.165) is 53.2 Å². The van der Waals surface area contributed by atoms with Gasteiger partial charge in [0.15, 0.2) is 0 Å². The third-order valence-electron chi connectivity index (χ3n) is 10.7. The van der Waals surface area contributed by atoms with Crippen LogP contribution in [0.25, 0.3) is 44.3 Å². The van der Waals surface area contributed by atoms with Crippen LogP contribution in [0.15, 0.2) is 154 Å². The Labute approximate surface area is 468 Å². The fourth-order valence-electron chi connectivity index (χ4n) is 6.79. The second kappa shape index (κ2) is 30.5. The van der Waals surface area contributed by atoms with Crippen LogP contribution < -0.4 is 9.44 Å². The van der Waals surface area contributed by atoms with Crippen LogP contribution in [0, 0.1) is 24.7 Å². The number of nitrogens with zero attached hydrogens (tertiary/aromatic N) is 10. The van der Waals surface area contributed by atoms with Crippen LogP contribution in [0.2, 0.25) is 0 Å². The molecule has 3 amide bonds. The van der Waals surface area contributed by atoms with E-state index in [1.165, 1.54) is 89.4 Å². The number of halogens is 1. The van der Waals surface area contributed by atoms with Crippen molar-refractivity contribution in [3.8, 4) is 58.6 Å². The van der Waals surface area contributed by atoms with Crippen LogP contribution in [0.1, 0.15) is 84.3 Å². The summed E-state index contributed by atoms with van der Waals surface area (Å²) in [6, 6.07) is 31.9. The van der Waals surface area contributed by atoms with E-state index in [4.69, 9.17) is 18.4 Å². The molecule has 0 aliphatic heterocycles. The summed E-state index contributed by atoms with van der Waals surface area (Å²) in [6.07, 6.45) is 20.1. The SMILES string of the molecule is C#Cc1cccc(C#C)c1.CC(=O)NS(=O)(=O)c1ccc(N=[N+]=[N-])cc1.CCCCCBr.CCCCCN(C(C)=O)S(=O)(=O)c1ccc(-n2cc(-c3cccc(-c4cn(-c5ccc(S(=O)(=O)NC(C)=O)cc5)nn4)c3)nn2)cc1. The van der Waals surface area contributed by atoms with Gasteiger partial charge in [0.2, 0.25) is 17.7 Å². The lowest BCUT2D eigenvalue weighted by Gasteiger charge is -2.21. The normalized spacial score (nSPS) is 10.7. The van der Waals surface area contributed by atoms with Gasteiger partial charge in [0.05, 0.1) is 38.5 Å². The Morgan fingerprint density at radius 3 is 1.46 bits per heavy atom. The smallest absolute Gasteiger partial charge is 0.266 e. The minimum absolute atomic E-state index is 0.0139. The van der Waals surface area contributed by atoms with E-state index >= 15 is 0 Å². The lowest BCUT2D eigenvalue weighted by atomic mass is 10.1.